The van der Waals surface area contributed by atoms with Gasteiger partial charge in [-0.15, -0.1) is 10.2 Å². The molecule has 8 heteroatoms. The minimum atomic E-state index is 0.654. The molecule has 0 saturated carbocycles. The highest BCUT2D eigenvalue weighted by molar-refractivity contribution is 7.98. The lowest BCUT2D eigenvalue weighted by Crippen LogP contribution is -1.97. The standard InChI is InChI=1S/C20H17ClN4O2S/c1-26-17-8-6-14(11-18(17)27-2)16-7-9-19-22-23-20(25(19)24-16)28-12-13-4-3-5-15(21)10-13/h3-11H,12H2,1-2H3. The van der Waals surface area contributed by atoms with Crippen molar-refractivity contribution in [2.24, 2.45) is 0 Å². The quantitative estimate of drug-likeness (QED) is 0.426. The maximum Gasteiger partial charge on any atom is 0.212 e. The van der Waals surface area contributed by atoms with E-state index in [9.17, 15) is 0 Å². The van der Waals surface area contributed by atoms with Gasteiger partial charge in [-0.25, -0.2) is 0 Å². The zero-order valence-corrected chi connectivity index (χ0v) is 16.9. The fourth-order valence-corrected chi connectivity index (χ4v) is 3.83. The number of nitrogens with zero attached hydrogens (tertiary/aromatic N) is 4. The minimum absolute atomic E-state index is 0.654. The molecule has 2 aromatic heterocycles. The molecule has 0 atom stereocenters. The van der Waals surface area contributed by atoms with Crippen molar-refractivity contribution in [1.29, 1.82) is 0 Å². The fraction of sp³-hybridized carbons (Fsp3) is 0.150. The summed E-state index contributed by atoms with van der Waals surface area (Å²) < 4.78 is 12.4. The molecule has 28 heavy (non-hydrogen) atoms. The number of rotatable bonds is 6. The van der Waals surface area contributed by atoms with Gasteiger partial charge < -0.3 is 9.47 Å². The molecule has 4 rings (SSSR count). The third-order valence-corrected chi connectivity index (χ3v) is 5.40. The molecule has 0 amide bonds. The molecule has 2 heterocycles. The van der Waals surface area contributed by atoms with Gasteiger partial charge in [-0.3, -0.25) is 0 Å². The van der Waals surface area contributed by atoms with Gasteiger partial charge in [0.2, 0.25) is 5.16 Å². The van der Waals surface area contributed by atoms with E-state index in [1.54, 1.807) is 30.5 Å². The molecule has 0 fully saturated rings. The Morgan fingerprint density at radius 3 is 2.61 bits per heavy atom. The number of methoxy groups -OCH3 is 2. The summed E-state index contributed by atoms with van der Waals surface area (Å²) in [5.74, 6) is 2.06. The molecule has 0 saturated heterocycles. The number of benzene rings is 2. The summed E-state index contributed by atoms with van der Waals surface area (Å²) in [6.45, 7) is 0. The summed E-state index contributed by atoms with van der Waals surface area (Å²) in [5, 5.41) is 14.6. The van der Waals surface area contributed by atoms with Gasteiger partial charge in [0.1, 0.15) is 0 Å². The minimum Gasteiger partial charge on any atom is -0.493 e. The van der Waals surface area contributed by atoms with Crippen LogP contribution >= 0.6 is 23.4 Å². The van der Waals surface area contributed by atoms with Gasteiger partial charge in [0.15, 0.2) is 17.1 Å². The summed E-state index contributed by atoms with van der Waals surface area (Å²) in [6, 6.07) is 17.3. The Morgan fingerprint density at radius 2 is 1.82 bits per heavy atom. The van der Waals surface area contributed by atoms with Crippen LogP contribution in [0.4, 0.5) is 0 Å². The Hall–Kier alpha value is -2.77. The van der Waals surface area contributed by atoms with Gasteiger partial charge in [0.25, 0.3) is 0 Å². The maximum atomic E-state index is 6.06. The summed E-state index contributed by atoms with van der Waals surface area (Å²) in [7, 11) is 3.23. The van der Waals surface area contributed by atoms with Crippen molar-refractivity contribution < 1.29 is 9.47 Å². The normalized spacial score (nSPS) is 11.0. The largest absolute Gasteiger partial charge is 0.493 e. The van der Waals surface area contributed by atoms with E-state index in [0.29, 0.717) is 17.1 Å². The van der Waals surface area contributed by atoms with Crippen LogP contribution in [-0.4, -0.2) is 34.0 Å². The van der Waals surface area contributed by atoms with Gasteiger partial charge in [0, 0.05) is 16.3 Å². The lowest BCUT2D eigenvalue weighted by atomic mass is 10.1. The van der Waals surface area contributed by atoms with E-state index in [4.69, 9.17) is 26.2 Å². The van der Waals surface area contributed by atoms with Crippen LogP contribution in [-0.2, 0) is 5.75 Å². The number of aromatic nitrogens is 4. The Kier molecular flexibility index (Phi) is 5.36. The summed E-state index contributed by atoms with van der Waals surface area (Å²) in [5.41, 5.74) is 3.51. The number of halogens is 1. The van der Waals surface area contributed by atoms with Crippen LogP contribution < -0.4 is 9.47 Å². The predicted octanol–water partition coefficient (Wildman–Crippen LogP) is 4.75. The molecule has 0 unspecified atom stereocenters. The zero-order valence-electron chi connectivity index (χ0n) is 15.3. The predicted molar refractivity (Wildman–Crippen MR) is 110 cm³/mol. The first-order chi connectivity index (χ1) is 13.7. The molecule has 4 aromatic rings. The second-order valence-electron chi connectivity index (χ2n) is 5.96. The van der Waals surface area contributed by atoms with E-state index >= 15 is 0 Å². The molecule has 0 aliphatic rings. The van der Waals surface area contributed by atoms with Crippen molar-refractivity contribution in [2.45, 2.75) is 10.9 Å². The highest BCUT2D eigenvalue weighted by Crippen LogP contribution is 2.32. The first-order valence-electron chi connectivity index (χ1n) is 8.50. The molecular weight excluding hydrogens is 396 g/mol. The molecule has 0 bridgehead atoms. The van der Waals surface area contributed by atoms with E-state index in [1.165, 1.54) is 0 Å². The average molecular weight is 413 g/mol. The molecule has 0 radical (unpaired) electrons. The molecule has 142 valence electrons. The maximum absolute atomic E-state index is 6.06. The Bertz CT molecular complexity index is 1130. The molecule has 0 aliphatic heterocycles. The van der Waals surface area contributed by atoms with Crippen LogP contribution in [0.25, 0.3) is 16.9 Å². The number of hydrogen-bond donors (Lipinski definition) is 0. The van der Waals surface area contributed by atoms with Crippen molar-refractivity contribution >= 4 is 29.0 Å². The van der Waals surface area contributed by atoms with Gasteiger partial charge in [-0.2, -0.15) is 9.61 Å². The molecular formula is C20H17ClN4O2S. The van der Waals surface area contributed by atoms with E-state index in [2.05, 4.69) is 10.2 Å². The smallest absolute Gasteiger partial charge is 0.212 e. The van der Waals surface area contributed by atoms with Crippen molar-refractivity contribution in [3.05, 3.63) is 65.2 Å². The molecule has 6 nitrogen and oxygen atoms in total. The highest BCUT2D eigenvalue weighted by Gasteiger charge is 2.12. The monoisotopic (exact) mass is 412 g/mol. The number of thioether (sulfide) groups is 1. The summed E-state index contributed by atoms with van der Waals surface area (Å²) in [6.07, 6.45) is 0. The van der Waals surface area contributed by atoms with Gasteiger partial charge >= 0.3 is 0 Å². The van der Waals surface area contributed by atoms with Crippen molar-refractivity contribution in [2.75, 3.05) is 14.2 Å². The molecule has 0 N–H and O–H groups in total. The Balaban J connectivity index is 1.64. The van der Waals surface area contributed by atoms with Crippen LogP contribution in [0.1, 0.15) is 5.56 Å². The van der Waals surface area contributed by atoms with E-state index in [-0.39, 0.29) is 0 Å². The van der Waals surface area contributed by atoms with E-state index in [0.717, 1.165) is 32.8 Å². The van der Waals surface area contributed by atoms with E-state index in [1.807, 2.05) is 54.6 Å². The third kappa shape index (κ3) is 3.76. The Labute approximate surface area is 171 Å². The first-order valence-corrected chi connectivity index (χ1v) is 9.86. The van der Waals surface area contributed by atoms with Crippen molar-refractivity contribution in [3.63, 3.8) is 0 Å². The van der Waals surface area contributed by atoms with Gasteiger partial charge in [-0.05, 0) is 48.0 Å². The number of ether oxygens (including phenoxy) is 2. The first kappa shape index (κ1) is 18.6. The van der Waals surface area contributed by atoms with Crippen LogP contribution in [0.2, 0.25) is 5.02 Å². The third-order valence-electron chi connectivity index (χ3n) is 4.17. The highest BCUT2D eigenvalue weighted by atomic mass is 35.5. The second kappa shape index (κ2) is 8.08. The van der Waals surface area contributed by atoms with Gasteiger partial charge in [-0.1, -0.05) is 35.5 Å². The zero-order chi connectivity index (χ0) is 19.5. The van der Waals surface area contributed by atoms with Gasteiger partial charge in [0.05, 0.1) is 19.9 Å². The van der Waals surface area contributed by atoms with Crippen molar-refractivity contribution in [1.82, 2.24) is 19.8 Å². The van der Waals surface area contributed by atoms with Crippen LogP contribution in [0, 0.1) is 0 Å². The lowest BCUT2D eigenvalue weighted by molar-refractivity contribution is 0.355. The summed E-state index contributed by atoms with van der Waals surface area (Å²) in [4.78, 5) is 0. The van der Waals surface area contributed by atoms with Crippen LogP contribution in [0.3, 0.4) is 0 Å². The SMILES string of the molecule is COc1ccc(-c2ccc3nnc(SCc4cccc(Cl)c4)n3n2)cc1OC. The van der Waals surface area contributed by atoms with Crippen molar-refractivity contribution in [3.8, 4) is 22.8 Å². The lowest BCUT2D eigenvalue weighted by Gasteiger charge is -2.09. The molecule has 0 spiro atoms. The Morgan fingerprint density at radius 1 is 0.964 bits per heavy atom. The molecule has 2 aromatic carbocycles. The summed E-state index contributed by atoms with van der Waals surface area (Å²) >= 11 is 7.62. The fourth-order valence-electron chi connectivity index (χ4n) is 2.78. The van der Waals surface area contributed by atoms with E-state index < -0.39 is 0 Å². The average Bonchev–Trinajstić information content (AvgIpc) is 3.14. The van der Waals surface area contributed by atoms with Crippen LogP contribution in [0.15, 0.2) is 59.8 Å². The molecule has 0 aliphatic carbocycles. The number of fused-ring (bicyclic) bond motifs is 1. The van der Waals surface area contributed by atoms with Crippen LogP contribution in [0.5, 0.6) is 11.5 Å². The topological polar surface area (TPSA) is 61.5 Å². The number of hydrogen-bond acceptors (Lipinski definition) is 6. The second-order valence-corrected chi connectivity index (χ2v) is 7.34.